The number of nitrogens with zero attached hydrogens (tertiary/aromatic N) is 2. The van der Waals surface area contributed by atoms with Gasteiger partial charge < -0.3 is 19.0 Å². The number of amides is 1. The maximum Gasteiger partial charge on any atom is 0.286 e. The maximum atomic E-state index is 12.0. The van der Waals surface area contributed by atoms with Gasteiger partial charge in [0.2, 0.25) is 0 Å². The van der Waals surface area contributed by atoms with Crippen molar-refractivity contribution in [3.05, 3.63) is 84.1 Å². The van der Waals surface area contributed by atoms with E-state index in [1.165, 1.54) is 11.8 Å². The van der Waals surface area contributed by atoms with Crippen molar-refractivity contribution in [1.29, 1.82) is 0 Å². The van der Waals surface area contributed by atoms with Crippen molar-refractivity contribution < 1.29 is 13.9 Å². The summed E-state index contributed by atoms with van der Waals surface area (Å²) in [5, 5.41) is 2.89. The van der Waals surface area contributed by atoms with Crippen LogP contribution in [0.3, 0.4) is 0 Å². The molecule has 0 spiro atoms. The molecule has 0 fully saturated rings. The predicted octanol–water partition coefficient (Wildman–Crippen LogP) is 4.63. The van der Waals surface area contributed by atoms with E-state index in [4.69, 9.17) is 14.1 Å². The molecule has 2 aromatic heterocycles. The molecule has 0 saturated heterocycles. The van der Waals surface area contributed by atoms with E-state index in [1.54, 1.807) is 12.1 Å². The highest BCUT2D eigenvalue weighted by molar-refractivity contribution is 5.91. The molecule has 1 N–H and O–H groups in total. The SMILES string of the molecule is CCc1ccc(OCCn2c(CCCNC(=O)c3ccco3)nc3ccccc32)cc1. The van der Waals surface area contributed by atoms with Crippen LogP contribution < -0.4 is 10.1 Å². The third-order valence-corrected chi connectivity index (χ3v) is 5.26. The Morgan fingerprint density at radius 1 is 1.10 bits per heavy atom. The van der Waals surface area contributed by atoms with E-state index in [0.29, 0.717) is 25.5 Å². The molecule has 0 aliphatic rings. The van der Waals surface area contributed by atoms with Gasteiger partial charge in [0, 0.05) is 13.0 Å². The van der Waals surface area contributed by atoms with Gasteiger partial charge in [-0.2, -0.15) is 0 Å². The van der Waals surface area contributed by atoms with Gasteiger partial charge in [0.15, 0.2) is 5.76 Å². The number of aromatic nitrogens is 2. The average molecular weight is 418 g/mol. The molecule has 4 aromatic rings. The average Bonchev–Trinajstić information content (AvgIpc) is 3.46. The fraction of sp³-hybridized carbons (Fsp3) is 0.280. The molecule has 2 heterocycles. The van der Waals surface area contributed by atoms with Crippen LogP contribution in [0.1, 0.15) is 35.3 Å². The molecule has 4 rings (SSSR count). The second-order valence-electron chi connectivity index (χ2n) is 7.35. The number of carbonyl (C=O) groups is 1. The van der Waals surface area contributed by atoms with Crippen molar-refractivity contribution in [3.8, 4) is 5.75 Å². The Kier molecular flexibility index (Phi) is 6.67. The van der Waals surface area contributed by atoms with E-state index in [-0.39, 0.29) is 5.91 Å². The first kappa shape index (κ1) is 20.7. The fourth-order valence-electron chi connectivity index (χ4n) is 3.59. The summed E-state index contributed by atoms with van der Waals surface area (Å²) >= 11 is 0. The lowest BCUT2D eigenvalue weighted by molar-refractivity contribution is 0.0925. The summed E-state index contributed by atoms with van der Waals surface area (Å²) < 4.78 is 13.3. The molecular formula is C25H27N3O3. The molecule has 31 heavy (non-hydrogen) atoms. The molecule has 0 radical (unpaired) electrons. The summed E-state index contributed by atoms with van der Waals surface area (Å²) in [7, 11) is 0. The Hall–Kier alpha value is -3.54. The number of carbonyl (C=O) groups excluding carboxylic acids is 1. The minimum Gasteiger partial charge on any atom is -0.492 e. The van der Waals surface area contributed by atoms with Gasteiger partial charge in [0.25, 0.3) is 5.91 Å². The van der Waals surface area contributed by atoms with Crippen LogP contribution in [0.2, 0.25) is 0 Å². The number of furan rings is 1. The van der Waals surface area contributed by atoms with Gasteiger partial charge in [-0.25, -0.2) is 4.98 Å². The van der Waals surface area contributed by atoms with Gasteiger partial charge in [-0.3, -0.25) is 4.79 Å². The lowest BCUT2D eigenvalue weighted by atomic mass is 10.2. The number of para-hydroxylation sites is 2. The third-order valence-electron chi connectivity index (χ3n) is 5.26. The second kappa shape index (κ2) is 9.98. The minimum atomic E-state index is -0.194. The summed E-state index contributed by atoms with van der Waals surface area (Å²) in [6.45, 7) is 3.98. The lowest BCUT2D eigenvalue weighted by Crippen LogP contribution is -2.24. The van der Waals surface area contributed by atoms with Crippen molar-refractivity contribution in [2.75, 3.05) is 13.2 Å². The first-order valence-electron chi connectivity index (χ1n) is 10.7. The Morgan fingerprint density at radius 3 is 2.71 bits per heavy atom. The summed E-state index contributed by atoms with van der Waals surface area (Å²) in [6.07, 6.45) is 4.07. The van der Waals surface area contributed by atoms with Crippen LogP contribution in [-0.2, 0) is 19.4 Å². The largest absolute Gasteiger partial charge is 0.492 e. The van der Waals surface area contributed by atoms with Crippen LogP contribution in [0.4, 0.5) is 0 Å². The zero-order chi connectivity index (χ0) is 21.5. The first-order valence-corrected chi connectivity index (χ1v) is 10.7. The summed E-state index contributed by atoms with van der Waals surface area (Å²) in [6, 6.07) is 19.7. The Bertz CT molecular complexity index is 1110. The molecule has 160 valence electrons. The molecule has 0 aliphatic heterocycles. The van der Waals surface area contributed by atoms with Gasteiger partial charge in [-0.05, 0) is 54.8 Å². The van der Waals surface area contributed by atoms with Crippen molar-refractivity contribution in [2.45, 2.75) is 32.7 Å². The molecule has 6 heteroatoms. The zero-order valence-electron chi connectivity index (χ0n) is 17.7. The molecule has 0 bridgehead atoms. The van der Waals surface area contributed by atoms with E-state index in [0.717, 1.165) is 41.9 Å². The quantitative estimate of drug-likeness (QED) is 0.382. The van der Waals surface area contributed by atoms with Crippen LogP contribution in [0.15, 0.2) is 71.3 Å². The van der Waals surface area contributed by atoms with E-state index >= 15 is 0 Å². The van der Waals surface area contributed by atoms with Gasteiger partial charge in [0.05, 0.1) is 23.8 Å². The number of nitrogens with one attached hydrogen (secondary N) is 1. The highest BCUT2D eigenvalue weighted by Crippen LogP contribution is 2.18. The van der Waals surface area contributed by atoms with Crippen LogP contribution in [0, 0.1) is 0 Å². The summed E-state index contributed by atoms with van der Waals surface area (Å²) in [4.78, 5) is 16.8. The number of ether oxygens (including phenoxy) is 1. The second-order valence-corrected chi connectivity index (χ2v) is 7.35. The molecule has 0 unspecified atom stereocenters. The highest BCUT2D eigenvalue weighted by Gasteiger charge is 2.12. The summed E-state index contributed by atoms with van der Waals surface area (Å²) in [5.74, 6) is 2.01. The molecule has 0 saturated carbocycles. The van der Waals surface area contributed by atoms with Crippen molar-refractivity contribution in [3.63, 3.8) is 0 Å². The molecule has 6 nitrogen and oxygen atoms in total. The molecule has 0 aliphatic carbocycles. The fourth-order valence-corrected chi connectivity index (χ4v) is 3.59. The summed E-state index contributed by atoms with van der Waals surface area (Å²) in [5.41, 5.74) is 3.38. The maximum absolute atomic E-state index is 12.0. The van der Waals surface area contributed by atoms with Crippen LogP contribution in [-0.4, -0.2) is 28.6 Å². The van der Waals surface area contributed by atoms with Crippen LogP contribution in [0.25, 0.3) is 11.0 Å². The number of imidazole rings is 1. The lowest BCUT2D eigenvalue weighted by Gasteiger charge is -2.11. The predicted molar refractivity (Wildman–Crippen MR) is 120 cm³/mol. The number of aryl methyl sites for hydroxylation is 2. The number of fused-ring (bicyclic) bond motifs is 1. The molecule has 1 amide bonds. The Morgan fingerprint density at radius 2 is 1.94 bits per heavy atom. The van der Waals surface area contributed by atoms with Gasteiger partial charge in [-0.15, -0.1) is 0 Å². The number of benzene rings is 2. The van der Waals surface area contributed by atoms with E-state index in [1.807, 2.05) is 30.3 Å². The Balaban J connectivity index is 1.36. The van der Waals surface area contributed by atoms with Crippen LogP contribution >= 0.6 is 0 Å². The van der Waals surface area contributed by atoms with E-state index in [9.17, 15) is 4.79 Å². The van der Waals surface area contributed by atoms with Crippen molar-refractivity contribution in [2.24, 2.45) is 0 Å². The van der Waals surface area contributed by atoms with Gasteiger partial charge >= 0.3 is 0 Å². The van der Waals surface area contributed by atoms with Gasteiger partial charge in [-0.1, -0.05) is 31.2 Å². The van der Waals surface area contributed by atoms with E-state index < -0.39 is 0 Å². The monoisotopic (exact) mass is 417 g/mol. The smallest absolute Gasteiger partial charge is 0.286 e. The van der Waals surface area contributed by atoms with Crippen molar-refractivity contribution >= 4 is 16.9 Å². The van der Waals surface area contributed by atoms with Gasteiger partial charge in [0.1, 0.15) is 18.2 Å². The topological polar surface area (TPSA) is 69.3 Å². The number of rotatable bonds is 10. The normalized spacial score (nSPS) is 11.0. The molecule has 0 atom stereocenters. The first-order chi connectivity index (χ1) is 15.2. The van der Waals surface area contributed by atoms with E-state index in [2.05, 4.69) is 35.0 Å². The Labute approximate surface area is 181 Å². The standard InChI is InChI=1S/C25H27N3O3/c1-2-19-11-13-20(14-12-19)30-18-16-28-22-8-4-3-7-21(22)27-24(28)10-5-15-26-25(29)23-9-6-17-31-23/h3-4,6-9,11-14,17H,2,5,10,15-16,18H2,1H3,(H,26,29). The minimum absolute atomic E-state index is 0.194. The number of hydrogen-bond acceptors (Lipinski definition) is 4. The highest BCUT2D eigenvalue weighted by atomic mass is 16.5. The van der Waals surface area contributed by atoms with Crippen molar-refractivity contribution in [1.82, 2.24) is 14.9 Å². The van der Waals surface area contributed by atoms with Crippen LogP contribution in [0.5, 0.6) is 5.75 Å². The zero-order valence-corrected chi connectivity index (χ0v) is 17.7. The molecular weight excluding hydrogens is 390 g/mol. The number of hydrogen-bond donors (Lipinski definition) is 1. The molecule has 2 aromatic carbocycles. The third kappa shape index (κ3) is 5.15.